The van der Waals surface area contributed by atoms with Crippen molar-refractivity contribution < 1.29 is 19.1 Å². The van der Waals surface area contributed by atoms with Gasteiger partial charge in [-0.25, -0.2) is 9.59 Å². The van der Waals surface area contributed by atoms with Gasteiger partial charge in [0.2, 0.25) is 0 Å². The summed E-state index contributed by atoms with van der Waals surface area (Å²) in [6, 6.07) is 4.99. The zero-order valence-corrected chi connectivity index (χ0v) is 14.9. The van der Waals surface area contributed by atoms with Crippen LogP contribution in [0.4, 0.5) is 21.0 Å². The molecule has 0 atom stereocenters. The molecule has 1 aromatic carbocycles. The van der Waals surface area contributed by atoms with Crippen molar-refractivity contribution in [2.45, 2.75) is 20.8 Å². The summed E-state index contributed by atoms with van der Waals surface area (Å²) in [6.45, 7) is 7.69. The van der Waals surface area contributed by atoms with Crippen molar-refractivity contribution in [3.05, 3.63) is 18.2 Å². The number of hydrogen-bond donors (Lipinski definition) is 1. The Hall–Kier alpha value is -2.44. The van der Waals surface area contributed by atoms with Gasteiger partial charge in [-0.2, -0.15) is 0 Å². The quantitative estimate of drug-likeness (QED) is 0.917. The number of methoxy groups -OCH3 is 1. The van der Waals surface area contributed by atoms with Crippen LogP contribution in [0.3, 0.4) is 0 Å². The summed E-state index contributed by atoms with van der Waals surface area (Å²) in [5.74, 6) is 0.505. The first-order valence-electron chi connectivity index (χ1n) is 7.86. The number of anilines is 2. The van der Waals surface area contributed by atoms with Crippen LogP contribution in [-0.4, -0.2) is 50.9 Å². The molecule has 1 heterocycles. The van der Waals surface area contributed by atoms with Crippen LogP contribution in [0.25, 0.3) is 0 Å². The van der Waals surface area contributed by atoms with Crippen molar-refractivity contribution in [2.75, 3.05) is 44.1 Å². The summed E-state index contributed by atoms with van der Waals surface area (Å²) in [5.41, 5.74) is 1.25. The number of ether oxygens (including phenoxy) is 2. The number of carbonyl (C=O) groups is 2. The standard InChI is InChI=1S/C17H25N3O4/c1-17(2,3)11-19(4)15(21)18-12-6-7-13(14(10-12)23-5)20-8-9-24-16(20)22/h6-7,10H,8-9,11H2,1-5H3,(H,18,21). The van der Waals surface area contributed by atoms with E-state index in [2.05, 4.69) is 26.1 Å². The van der Waals surface area contributed by atoms with Crippen LogP contribution < -0.4 is 15.0 Å². The van der Waals surface area contributed by atoms with E-state index in [0.717, 1.165) is 0 Å². The van der Waals surface area contributed by atoms with E-state index in [-0.39, 0.29) is 11.4 Å². The summed E-state index contributed by atoms with van der Waals surface area (Å²) in [7, 11) is 3.28. The Labute approximate surface area is 142 Å². The van der Waals surface area contributed by atoms with Crippen molar-refractivity contribution in [1.29, 1.82) is 0 Å². The summed E-state index contributed by atoms with van der Waals surface area (Å²) >= 11 is 0. The van der Waals surface area contributed by atoms with E-state index in [0.29, 0.717) is 36.8 Å². The molecule has 1 saturated heterocycles. The Bertz CT molecular complexity index is 625. The molecule has 1 aromatic rings. The first kappa shape index (κ1) is 17.9. The van der Waals surface area contributed by atoms with E-state index in [1.165, 1.54) is 12.0 Å². The zero-order valence-electron chi connectivity index (χ0n) is 14.9. The van der Waals surface area contributed by atoms with Crippen molar-refractivity contribution >= 4 is 23.5 Å². The lowest BCUT2D eigenvalue weighted by Crippen LogP contribution is -2.37. The third kappa shape index (κ3) is 4.31. The lowest BCUT2D eigenvalue weighted by Gasteiger charge is -2.27. The normalized spacial score (nSPS) is 14.4. The molecule has 1 fully saturated rings. The summed E-state index contributed by atoms with van der Waals surface area (Å²) < 4.78 is 10.3. The topological polar surface area (TPSA) is 71.1 Å². The zero-order chi connectivity index (χ0) is 17.9. The van der Waals surface area contributed by atoms with Crippen LogP contribution in [0.5, 0.6) is 5.75 Å². The van der Waals surface area contributed by atoms with Gasteiger partial charge in [-0.3, -0.25) is 4.90 Å². The molecule has 0 aliphatic carbocycles. The van der Waals surface area contributed by atoms with Crippen molar-refractivity contribution in [3.63, 3.8) is 0 Å². The van der Waals surface area contributed by atoms with Gasteiger partial charge in [0.1, 0.15) is 12.4 Å². The number of carbonyl (C=O) groups excluding carboxylic acids is 2. The fraction of sp³-hybridized carbons (Fsp3) is 0.529. The fourth-order valence-electron chi connectivity index (χ4n) is 2.59. The number of cyclic esters (lactones) is 1. The van der Waals surface area contributed by atoms with Gasteiger partial charge in [0, 0.05) is 25.3 Å². The highest BCUT2D eigenvalue weighted by Crippen LogP contribution is 2.33. The average molecular weight is 335 g/mol. The Kier molecular flexibility index (Phi) is 5.21. The molecule has 0 bridgehead atoms. The third-order valence-electron chi connectivity index (χ3n) is 3.54. The second kappa shape index (κ2) is 6.98. The molecule has 1 aliphatic heterocycles. The number of nitrogens with one attached hydrogen (secondary N) is 1. The Morgan fingerprint density at radius 1 is 1.42 bits per heavy atom. The van der Waals surface area contributed by atoms with E-state index >= 15 is 0 Å². The van der Waals surface area contributed by atoms with Crippen molar-refractivity contribution in [1.82, 2.24) is 4.90 Å². The van der Waals surface area contributed by atoms with Gasteiger partial charge in [0.05, 0.1) is 19.3 Å². The smallest absolute Gasteiger partial charge is 0.414 e. The maximum atomic E-state index is 12.3. The molecule has 132 valence electrons. The van der Waals surface area contributed by atoms with Crippen LogP contribution in [0, 0.1) is 5.41 Å². The molecule has 24 heavy (non-hydrogen) atoms. The van der Waals surface area contributed by atoms with Gasteiger partial charge in [-0.1, -0.05) is 20.8 Å². The summed E-state index contributed by atoms with van der Waals surface area (Å²) in [5, 5.41) is 2.84. The van der Waals surface area contributed by atoms with E-state index < -0.39 is 6.09 Å². The predicted molar refractivity (Wildman–Crippen MR) is 92.8 cm³/mol. The molecule has 0 saturated carbocycles. The van der Waals surface area contributed by atoms with Gasteiger partial charge < -0.3 is 19.7 Å². The van der Waals surface area contributed by atoms with Gasteiger partial charge in [-0.05, 0) is 17.5 Å². The van der Waals surface area contributed by atoms with Crippen LogP contribution in [0.2, 0.25) is 0 Å². The maximum absolute atomic E-state index is 12.3. The first-order chi connectivity index (χ1) is 11.2. The lowest BCUT2D eigenvalue weighted by molar-refractivity contribution is 0.181. The van der Waals surface area contributed by atoms with Gasteiger partial charge in [0.15, 0.2) is 0 Å². The maximum Gasteiger partial charge on any atom is 0.414 e. The molecule has 7 heteroatoms. The minimum atomic E-state index is -0.394. The van der Waals surface area contributed by atoms with Gasteiger partial charge in [0.25, 0.3) is 0 Å². The molecule has 0 radical (unpaired) electrons. The Morgan fingerprint density at radius 2 is 2.12 bits per heavy atom. The molecule has 1 N–H and O–H groups in total. The molecule has 1 aliphatic rings. The first-order valence-corrected chi connectivity index (χ1v) is 7.86. The van der Waals surface area contributed by atoms with Crippen LogP contribution in [0.1, 0.15) is 20.8 Å². The molecule has 0 spiro atoms. The second-order valence-electron chi connectivity index (χ2n) is 7.00. The van der Waals surface area contributed by atoms with Gasteiger partial charge in [-0.15, -0.1) is 0 Å². The molecular formula is C17H25N3O4. The molecule has 7 nitrogen and oxygen atoms in total. The van der Waals surface area contributed by atoms with E-state index in [1.54, 1.807) is 30.1 Å². The van der Waals surface area contributed by atoms with Crippen LogP contribution >= 0.6 is 0 Å². The van der Waals surface area contributed by atoms with Crippen LogP contribution in [-0.2, 0) is 4.74 Å². The summed E-state index contributed by atoms with van der Waals surface area (Å²) in [4.78, 5) is 27.1. The van der Waals surface area contributed by atoms with E-state index in [4.69, 9.17) is 9.47 Å². The Morgan fingerprint density at radius 3 is 2.67 bits per heavy atom. The molecule has 2 rings (SSSR count). The average Bonchev–Trinajstić information content (AvgIpc) is 2.91. The predicted octanol–water partition coefficient (Wildman–Crippen LogP) is 3.16. The third-order valence-corrected chi connectivity index (χ3v) is 3.54. The van der Waals surface area contributed by atoms with Crippen molar-refractivity contribution in [2.24, 2.45) is 5.41 Å². The number of amides is 3. The second-order valence-corrected chi connectivity index (χ2v) is 7.00. The SMILES string of the molecule is COc1cc(NC(=O)N(C)CC(C)(C)C)ccc1N1CCOC1=O. The number of rotatable bonds is 4. The highest BCUT2D eigenvalue weighted by atomic mass is 16.6. The number of nitrogens with zero attached hydrogens (tertiary/aromatic N) is 2. The molecule has 3 amide bonds. The van der Waals surface area contributed by atoms with Crippen molar-refractivity contribution in [3.8, 4) is 5.75 Å². The van der Waals surface area contributed by atoms with E-state index in [9.17, 15) is 9.59 Å². The highest BCUT2D eigenvalue weighted by Gasteiger charge is 2.26. The largest absolute Gasteiger partial charge is 0.494 e. The van der Waals surface area contributed by atoms with Crippen LogP contribution in [0.15, 0.2) is 18.2 Å². The number of benzene rings is 1. The monoisotopic (exact) mass is 335 g/mol. The molecule has 0 unspecified atom stereocenters. The van der Waals surface area contributed by atoms with Gasteiger partial charge >= 0.3 is 12.1 Å². The minimum absolute atomic E-state index is 0.0176. The number of urea groups is 1. The number of hydrogen-bond acceptors (Lipinski definition) is 4. The van der Waals surface area contributed by atoms with E-state index in [1.807, 2.05) is 0 Å². The lowest BCUT2D eigenvalue weighted by atomic mass is 9.96. The Balaban J connectivity index is 2.12. The fourth-order valence-corrected chi connectivity index (χ4v) is 2.59. The molecule has 0 aromatic heterocycles. The molecular weight excluding hydrogens is 310 g/mol. The summed E-state index contributed by atoms with van der Waals surface area (Å²) in [6.07, 6.45) is -0.394. The minimum Gasteiger partial charge on any atom is -0.494 e. The highest BCUT2D eigenvalue weighted by molar-refractivity contribution is 5.93.